The molecule has 1 N–H and O–H groups in total. The summed E-state index contributed by atoms with van der Waals surface area (Å²) in [6.45, 7) is 5.24. The van der Waals surface area contributed by atoms with E-state index in [4.69, 9.17) is 9.15 Å². The van der Waals surface area contributed by atoms with Gasteiger partial charge >= 0.3 is 5.97 Å². The van der Waals surface area contributed by atoms with E-state index < -0.39 is 11.3 Å². The third-order valence-electron chi connectivity index (χ3n) is 10.3. The van der Waals surface area contributed by atoms with Crippen molar-refractivity contribution in [1.29, 1.82) is 0 Å². The van der Waals surface area contributed by atoms with Gasteiger partial charge in [-0.25, -0.2) is 0 Å². The fourth-order valence-corrected chi connectivity index (χ4v) is 9.37. The van der Waals surface area contributed by atoms with Gasteiger partial charge in [-0.2, -0.15) is 0 Å². The third-order valence-corrected chi connectivity index (χ3v) is 10.3. The van der Waals surface area contributed by atoms with Crippen LogP contribution in [0.3, 0.4) is 0 Å². The van der Waals surface area contributed by atoms with Crippen molar-refractivity contribution in [3.8, 4) is 0 Å². The van der Waals surface area contributed by atoms with Crippen LogP contribution in [0.2, 0.25) is 0 Å². The van der Waals surface area contributed by atoms with Gasteiger partial charge in [-0.3, -0.25) is 14.4 Å². The largest absolute Gasteiger partial charge is 0.468 e. The van der Waals surface area contributed by atoms with Crippen LogP contribution in [0.4, 0.5) is 0 Å². The van der Waals surface area contributed by atoms with Crippen molar-refractivity contribution < 1.29 is 23.5 Å². The van der Waals surface area contributed by atoms with Crippen molar-refractivity contribution in [2.45, 2.75) is 84.6 Å². The highest BCUT2D eigenvalue weighted by Crippen LogP contribution is 2.60. The lowest BCUT2D eigenvalue weighted by Gasteiger charge is -2.57. The number of carbonyl (C=O) groups excluding carboxylic acids is 3. The lowest BCUT2D eigenvalue weighted by molar-refractivity contribution is -0.162. The number of amides is 2. The normalized spacial score (nSPS) is 37.0. The molecule has 6 aliphatic rings. The smallest absolute Gasteiger partial charge is 0.317 e. The van der Waals surface area contributed by atoms with Gasteiger partial charge in [0.1, 0.15) is 11.2 Å². The van der Waals surface area contributed by atoms with E-state index in [9.17, 15) is 14.4 Å². The Labute approximate surface area is 225 Å². The average Bonchev–Trinajstić information content (AvgIpc) is 3.37. The summed E-state index contributed by atoms with van der Waals surface area (Å²) < 4.78 is 10.9. The zero-order valence-corrected chi connectivity index (χ0v) is 23.1. The second kappa shape index (κ2) is 9.27. The molecule has 5 fully saturated rings. The van der Waals surface area contributed by atoms with Gasteiger partial charge in [0.15, 0.2) is 0 Å². The second-order valence-corrected chi connectivity index (χ2v) is 14.0. The van der Waals surface area contributed by atoms with Gasteiger partial charge in [0.05, 0.1) is 19.9 Å². The third kappa shape index (κ3) is 4.50. The van der Waals surface area contributed by atoms with E-state index in [-0.39, 0.29) is 41.6 Å². The van der Waals surface area contributed by atoms with Gasteiger partial charge in [-0.05, 0) is 98.5 Å². The summed E-state index contributed by atoms with van der Waals surface area (Å²) in [5.41, 5.74) is -0.139. The SMILES string of the molecule is COC(=O)[C@@]12C[C@@H](CC(=O)NCC34CC5CC(CC(C5)C3)C4)C(=O)N(Cc3ccco3)C1=CCC(C)(C)C2. The summed E-state index contributed by atoms with van der Waals surface area (Å²) in [5, 5.41) is 3.25. The highest BCUT2D eigenvalue weighted by atomic mass is 16.5. The molecule has 1 saturated heterocycles. The first-order valence-corrected chi connectivity index (χ1v) is 14.5. The molecule has 4 bridgehead atoms. The molecule has 0 radical (unpaired) electrons. The van der Waals surface area contributed by atoms with Crippen molar-refractivity contribution in [1.82, 2.24) is 10.2 Å². The number of likely N-dealkylation sites (tertiary alicyclic amines) is 1. The number of methoxy groups -OCH3 is 1. The van der Waals surface area contributed by atoms with E-state index in [0.717, 1.165) is 24.2 Å². The number of carbonyl (C=O) groups is 3. The summed E-state index contributed by atoms with van der Waals surface area (Å²) in [6, 6.07) is 3.63. The van der Waals surface area contributed by atoms with Crippen LogP contribution in [0.1, 0.15) is 83.8 Å². The Bertz CT molecular complexity index is 1100. The van der Waals surface area contributed by atoms with Crippen molar-refractivity contribution >= 4 is 17.8 Å². The first kappa shape index (κ1) is 25.7. The first-order chi connectivity index (χ1) is 18.1. The number of furan rings is 1. The number of hydrogen-bond donors (Lipinski definition) is 1. The fraction of sp³-hybridized carbons (Fsp3) is 0.710. The zero-order chi connectivity index (χ0) is 26.7. The molecule has 2 amide bonds. The number of nitrogens with zero attached hydrogens (tertiary/aromatic N) is 1. The molecule has 7 heteroatoms. The van der Waals surface area contributed by atoms with Crippen molar-refractivity contribution in [3.05, 3.63) is 35.9 Å². The van der Waals surface area contributed by atoms with E-state index in [0.29, 0.717) is 30.8 Å². The Balaban J connectivity index is 1.22. The number of allylic oxidation sites excluding steroid dienone is 1. The Morgan fingerprint density at radius 3 is 2.39 bits per heavy atom. The molecule has 5 aliphatic carbocycles. The van der Waals surface area contributed by atoms with Crippen LogP contribution in [0, 0.1) is 39.9 Å². The lowest BCUT2D eigenvalue weighted by atomic mass is 9.49. The van der Waals surface area contributed by atoms with Crippen LogP contribution in [-0.4, -0.2) is 36.3 Å². The van der Waals surface area contributed by atoms with Crippen LogP contribution in [0.25, 0.3) is 0 Å². The minimum Gasteiger partial charge on any atom is -0.468 e. The molecular weight excluding hydrogens is 480 g/mol. The monoisotopic (exact) mass is 522 g/mol. The van der Waals surface area contributed by atoms with Crippen LogP contribution >= 0.6 is 0 Å². The van der Waals surface area contributed by atoms with Gasteiger partial charge in [0, 0.05) is 24.6 Å². The maximum Gasteiger partial charge on any atom is 0.317 e. The second-order valence-electron chi connectivity index (χ2n) is 14.0. The molecule has 1 aromatic heterocycles. The van der Waals surface area contributed by atoms with Gasteiger partial charge < -0.3 is 19.4 Å². The number of hydrogen-bond acceptors (Lipinski definition) is 5. The Hall–Kier alpha value is -2.57. The predicted octanol–water partition coefficient (Wildman–Crippen LogP) is 5.21. The topological polar surface area (TPSA) is 88.8 Å². The molecule has 0 unspecified atom stereocenters. The Kier molecular flexibility index (Phi) is 6.27. The van der Waals surface area contributed by atoms with Gasteiger partial charge in [-0.15, -0.1) is 0 Å². The molecule has 7 rings (SSSR count). The standard InChI is InChI=1S/C31H42N2O5/c1-29(2)7-6-25-31(18-29,28(36)37-3)16-23(27(35)33(25)17-24-5-4-8-38-24)12-26(34)32-19-30-13-20-9-21(14-30)11-22(10-20)15-30/h4-6,8,20-23H,7,9-19H2,1-3H3,(H,32,34)/t20?,21?,22?,23-,30?,31-/m1/s1. The molecule has 2 heterocycles. The molecule has 38 heavy (non-hydrogen) atoms. The van der Waals surface area contributed by atoms with Crippen molar-refractivity contribution in [3.63, 3.8) is 0 Å². The van der Waals surface area contributed by atoms with Gasteiger partial charge in [0.2, 0.25) is 11.8 Å². The van der Waals surface area contributed by atoms with Crippen molar-refractivity contribution in [2.24, 2.45) is 39.9 Å². The van der Waals surface area contributed by atoms with Crippen LogP contribution in [-0.2, 0) is 25.7 Å². The number of ether oxygens (including phenoxy) is 1. The molecule has 7 nitrogen and oxygen atoms in total. The average molecular weight is 523 g/mol. The van der Waals surface area contributed by atoms with E-state index >= 15 is 0 Å². The fourth-order valence-electron chi connectivity index (χ4n) is 9.37. The lowest BCUT2D eigenvalue weighted by Crippen LogP contribution is -2.56. The van der Waals surface area contributed by atoms with E-state index in [1.807, 2.05) is 12.1 Å². The highest BCUT2D eigenvalue weighted by Gasteiger charge is 2.57. The molecule has 1 aromatic rings. The van der Waals surface area contributed by atoms with E-state index in [1.54, 1.807) is 17.2 Å². The number of esters is 1. The van der Waals surface area contributed by atoms with Crippen LogP contribution in [0.15, 0.2) is 34.6 Å². The number of fused-ring (bicyclic) bond motifs is 1. The zero-order valence-electron chi connectivity index (χ0n) is 23.1. The minimum absolute atomic E-state index is 0.0837. The van der Waals surface area contributed by atoms with E-state index in [1.165, 1.54) is 45.6 Å². The Morgan fingerprint density at radius 2 is 1.79 bits per heavy atom. The molecular formula is C31H42N2O5. The number of nitrogens with one attached hydrogen (secondary N) is 1. The maximum atomic E-state index is 13.9. The summed E-state index contributed by atoms with van der Waals surface area (Å²) in [4.78, 5) is 42.4. The molecule has 2 atom stereocenters. The maximum absolute atomic E-state index is 13.9. The summed E-state index contributed by atoms with van der Waals surface area (Å²) in [6.07, 6.45) is 13.2. The Morgan fingerprint density at radius 1 is 1.11 bits per heavy atom. The molecule has 0 spiro atoms. The van der Waals surface area contributed by atoms with Gasteiger partial charge in [-0.1, -0.05) is 19.9 Å². The number of rotatable bonds is 7. The number of piperidine rings is 1. The quantitative estimate of drug-likeness (QED) is 0.497. The molecule has 1 aliphatic heterocycles. The minimum atomic E-state index is -0.956. The highest BCUT2D eigenvalue weighted by molar-refractivity contribution is 5.92. The predicted molar refractivity (Wildman–Crippen MR) is 141 cm³/mol. The summed E-state index contributed by atoms with van der Waals surface area (Å²) in [7, 11) is 1.41. The summed E-state index contributed by atoms with van der Waals surface area (Å²) in [5.74, 6) is 2.01. The molecule has 0 aromatic carbocycles. The van der Waals surface area contributed by atoms with Crippen LogP contribution < -0.4 is 5.32 Å². The molecule has 4 saturated carbocycles. The molecule has 206 valence electrons. The summed E-state index contributed by atoms with van der Waals surface area (Å²) >= 11 is 0. The van der Waals surface area contributed by atoms with Gasteiger partial charge in [0.25, 0.3) is 0 Å². The van der Waals surface area contributed by atoms with E-state index in [2.05, 4.69) is 19.2 Å². The van der Waals surface area contributed by atoms with Crippen molar-refractivity contribution in [2.75, 3.05) is 13.7 Å². The first-order valence-electron chi connectivity index (χ1n) is 14.5. The van der Waals surface area contributed by atoms with Crippen LogP contribution in [0.5, 0.6) is 0 Å².